The van der Waals surface area contributed by atoms with Crippen molar-refractivity contribution >= 4 is 11.6 Å². The largest absolute Gasteiger partial charge is 0.481 e. The summed E-state index contributed by atoms with van der Waals surface area (Å²) in [6, 6.07) is 13.6. The predicted octanol–water partition coefficient (Wildman–Crippen LogP) is 4.02. The fourth-order valence-corrected chi connectivity index (χ4v) is 2.17. The zero-order valence-electron chi connectivity index (χ0n) is 12.9. The Morgan fingerprint density at radius 2 is 1.52 bits per heavy atom. The van der Waals surface area contributed by atoms with Gasteiger partial charge in [-0.15, -0.1) is 0 Å². The van der Waals surface area contributed by atoms with Crippen LogP contribution in [0, 0.1) is 20.8 Å². The molecule has 0 aromatic heterocycles. The molecule has 0 heterocycles. The maximum atomic E-state index is 12.2. The number of carbonyl (C=O) groups excluding carboxylic acids is 1. The van der Waals surface area contributed by atoms with Gasteiger partial charge in [0.25, 0.3) is 5.91 Å². The third kappa shape index (κ3) is 4.35. The highest BCUT2D eigenvalue weighted by Gasteiger charge is 2.15. The van der Waals surface area contributed by atoms with Crippen LogP contribution in [-0.2, 0) is 4.79 Å². The van der Waals surface area contributed by atoms with E-state index in [2.05, 4.69) is 11.4 Å². The second-order valence-electron chi connectivity index (χ2n) is 5.44. The molecule has 1 amide bonds. The molecule has 0 aliphatic carbocycles. The summed E-state index contributed by atoms with van der Waals surface area (Å²) in [5.74, 6) is 0.546. The first-order valence-electron chi connectivity index (χ1n) is 7.06. The van der Waals surface area contributed by atoms with Crippen molar-refractivity contribution < 1.29 is 9.53 Å². The second-order valence-corrected chi connectivity index (χ2v) is 5.44. The Bertz CT molecular complexity index is 612. The maximum Gasteiger partial charge on any atom is 0.265 e. The smallest absolute Gasteiger partial charge is 0.265 e. The van der Waals surface area contributed by atoms with E-state index in [1.54, 1.807) is 6.92 Å². The zero-order chi connectivity index (χ0) is 15.4. The molecule has 3 heteroatoms. The van der Waals surface area contributed by atoms with Crippen LogP contribution in [0.25, 0.3) is 0 Å². The van der Waals surface area contributed by atoms with Crippen LogP contribution in [0.2, 0.25) is 0 Å². The first-order valence-corrected chi connectivity index (χ1v) is 7.06. The van der Waals surface area contributed by atoms with Gasteiger partial charge in [-0.05, 0) is 63.1 Å². The Morgan fingerprint density at radius 3 is 2.10 bits per heavy atom. The van der Waals surface area contributed by atoms with E-state index in [9.17, 15) is 4.79 Å². The lowest BCUT2D eigenvalue weighted by Crippen LogP contribution is -2.30. The Hall–Kier alpha value is -2.29. The van der Waals surface area contributed by atoms with Gasteiger partial charge >= 0.3 is 0 Å². The minimum Gasteiger partial charge on any atom is -0.481 e. The lowest BCUT2D eigenvalue weighted by Gasteiger charge is -2.15. The Morgan fingerprint density at radius 1 is 0.952 bits per heavy atom. The van der Waals surface area contributed by atoms with Gasteiger partial charge in [-0.1, -0.05) is 23.8 Å². The Balaban J connectivity index is 2.00. The van der Waals surface area contributed by atoms with Crippen LogP contribution in [0.4, 0.5) is 5.69 Å². The van der Waals surface area contributed by atoms with E-state index in [1.165, 1.54) is 0 Å². The molecule has 0 radical (unpaired) electrons. The summed E-state index contributed by atoms with van der Waals surface area (Å²) in [5, 5.41) is 2.89. The number of ether oxygens (including phenoxy) is 1. The van der Waals surface area contributed by atoms with E-state index in [0.717, 1.165) is 22.4 Å². The van der Waals surface area contributed by atoms with E-state index in [4.69, 9.17) is 4.74 Å². The van der Waals surface area contributed by atoms with Crippen LogP contribution in [0.1, 0.15) is 23.6 Å². The molecule has 0 aliphatic rings. The van der Waals surface area contributed by atoms with Gasteiger partial charge in [-0.2, -0.15) is 0 Å². The van der Waals surface area contributed by atoms with Crippen molar-refractivity contribution in [2.45, 2.75) is 33.8 Å². The minimum atomic E-state index is -0.548. The average molecular weight is 283 g/mol. The number of amides is 1. The molecule has 1 atom stereocenters. The fraction of sp³-hybridized carbons (Fsp3) is 0.278. The summed E-state index contributed by atoms with van der Waals surface area (Å²) in [4.78, 5) is 12.2. The highest BCUT2D eigenvalue weighted by Crippen LogP contribution is 2.16. The highest BCUT2D eigenvalue weighted by molar-refractivity contribution is 5.94. The van der Waals surface area contributed by atoms with Crippen LogP contribution in [0.3, 0.4) is 0 Å². The lowest BCUT2D eigenvalue weighted by molar-refractivity contribution is -0.122. The van der Waals surface area contributed by atoms with Crippen LogP contribution in [0.5, 0.6) is 5.75 Å². The molecule has 1 N–H and O–H groups in total. The van der Waals surface area contributed by atoms with Gasteiger partial charge in [0.1, 0.15) is 5.75 Å². The number of hydrogen-bond donors (Lipinski definition) is 1. The molecule has 2 rings (SSSR count). The maximum absolute atomic E-state index is 12.2. The minimum absolute atomic E-state index is 0.152. The van der Waals surface area contributed by atoms with E-state index >= 15 is 0 Å². The normalized spacial score (nSPS) is 11.8. The summed E-state index contributed by atoms with van der Waals surface area (Å²) in [6.45, 7) is 7.78. The molecule has 110 valence electrons. The van der Waals surface area contributed by atoms with Crippen molar-refractivity contribution in [3.8, 4) is 5.75 Å². The number of rotatable bonds is 4. The van der Waals surface area contributed by atoms with Crippen molar-refractivity contribution in [2.24, 2.45) is 0 Å². The molecule has 0 fully saturated rings. The third-order valence-corrected chi connectivity index (χ3v) is 3.19. The Labute approximate surface area is 126 Å². The van der Waals surface area contributed by atoms with Gasteiger partial charge in [0.15, 0.2) is 6.10 Å². The highest BCUT2D eigenvalue weighted by atomic mass is 16.5. The SMILES string of the molecule is Cc1ccc(O[C@H](C)C(=O)Nc2cc(C)cc(C)c2)cc1. The topological polar surface area (TPSA) is 38.3 Å². The van der Waals surface area contributed by atoms with Crippen LogP contribution >= 0.6 is 0 Å². The first kappa shape index (κ1) is 15.1. The number of carbonyl (C=O) groups is 1. The van der Waals surface area contributed by atoms with Crippen molar-refractivity contribution in [3.63, 3.8) is 0 Å². The average Bonchev–Trinajstić information content (AvgIpc) is 2.40. The molecule has 3 nitrogen and oxygen atoms in total. The third-order valence-electron chi connectivity index (χ3n) is 3.19. The summed E-state index contributed by atoms with van der Waals surface area (Å²) in [5.41, 5.74) is 4.21. The van der Waals surface area contributed by atoms with Crippen molar-refractivity contribution in [3.05, 3.63) is 59.2 Å². The molecule has 21 heavy (non-hydrogen) atoms. The zero-order valence-corrected chi connectivity index (χ0v) is 12.9. The van der Waals surface area contributed by atoms with Crippen LogP contribution in [-0.4, -0.2) is 12.0 Å². The van der Waals surface area contributed by atoms with E-state index in [1.807, 2.05) is 57.2 Å². The van der Waals surface area contributed by atoms with Crippen LogP contribution < -0.4 is 10.1 Å². The van der Waals surface area contributed by atoms with Gasteiger partial charge in [0.2, 0.25) is 0 Å². The molecule has 0 aliphatic heterocycles. The monoisotopic (exact) mass is 283 g/mol. The standard InChI is InChI=1S/C18H21NO2/c1-12-5-7-17(8-6-12)21-15(4)18(20)19-16-10-13(2)9-14(3)11-16/h5-11,15H,1-4H3,(H,19,20)/t15-/m1/s1. The molecule has 0 spiro atoms. The first-order chi connectivity index (χ1) is 9.94. The summed E-state index contributed by atoms with van der Waals surface area (Å²) >= 11 is 0. The summed E-state index contributed by atoms with van der Waals surface area (Å²) < 4.78 is 5.65. The molecular formula is C18H21NO2. The lowest BCUT2D eigenvalue weighted by atomic mass is 10.1. The van der Waals surface area contributed by atoms with Gasteiger partial charge in [-0.25, -0.2) is 0 Å². The van der Waals surface area contributed by atoms with E-state index < -0.39 is 6.10 Å². The van der Waals surface area contributed by atoms with Crippen LogP contribution in [0.15, 0.2) is 42.5 Å². The number of hydrogen-bond acceptors (Lipinski definition) is 2. The number of benzene rings is 2. The van der Waals surface area contributed by atoms with Crippen molar-refractivity contribution in [1.29, 1.82) is 0 Å². The summed E-state index contributed by atoms with van der Waals surface area (Å²) in [7, 11) is 0. The number of anilines is 1. The van der Waals surface area contributed by atoms with Crippen molar-refractivity contribution in [1.82, 2.24) is 0 Å². The van der Waals surface area contributed by atoms with Gasteiger partial charge in [-0.3, -0.25) is 4.79 Å². The van der Waals surface area contributed by atoms with Gasteiger partial charge in [0, 0.05) is 5.69 Å². The number of nitrogens with one attached hydrogen (secondary N) is 1. The molecule has 0 bridgehead atoms. The summed E-state index contributed by atoms with van der Waals surface area (Å²) in [6.07, 6.45) is -0.548. The molecule has 2 aromatic rings. The molecular weight excluding hydrogens is 262 g/mol. The van der Waals surface area contributed by atoms with E-state index in [0.29, 0.717) is 5.75 Å². The second kappa shape index (κ2) is 6.44. The molecule has 0 unspecified atom stereocenters. The molecule has 2 aromatic carbocycles. The van der Waals surface area contributed by atoms with Gasteiger partial charge < -0.3 is 10.1 Å². The fourth-order valence-electron chi connectivity index (χ4n) is 2.17. The Kier molecular flexibility index (Phi) is 4.63. The molecule has 0 saturated heterocycles. The van der Waals surface area contributed by atoms with Gasteiger partial charge in [0.05, 0.1) is 0 Å². The predicted molar refractivity (Wildman–Crippen MR) is 85.8 cm³/mol. The molecule has 0 saturated carbocycles. The quantitative estimate of drug-likeness (QED) is 0.920. The van der Waals surface area contributed by atoms with Crippen molar-refractivity contribution in [2.75, 3.05) is 5.32 Å². The number of aryl methyl sites for hydroxylation is 3. The van der Waals surface area contributed by atoms with E-state index in [-0.39, 0.29) is 5.91 Å².